The molecule has 82 valence electrons. The molecule has 0 amide bonds. The molecule has 2 aromatic rings. The van der Waals surface area contributed by atoms with Crippen LogP contribution in [0.15, 0.2) is 54.6 Å². The lowest BCUT2D eigenvalue weighted by molar-refractivity contribution is 0.321. The van der Waals surface area contributed by atoms with Crippen molar-refractivity contribution in [3.05, 3.63) is 54.6 Å². The van der Waals surface area contributed by atoms with Crippen LogP contribution in [0.3, 0.4) is 0 Å². The smallest absolute Gasteiger partial charge is 0.169 e. The third-order valence-corrected chi connectivity index (χ3v) is 2.12. The van der Waals surface area contributed by atoms with Crippen LogP contribution in [0.4, 0.5) is 0 Å². The monoisotopic (exact) mass is 214 g/mol. The van der Waals surface area contributed by atoms with Crippen molar-refractivity contribution in [1.82, 2.24) is 0 Å². The number of hydrogen-bond acceptors (Lipinski definition) is 2. The van der Waals surface area contributed by atoms with Crippen LogP contribution < -0.4 is 9.47 Å². The second-order valence-electron chi connectivity index (χ2n) is 3.29. The zero-order valence-corrected chi connectivity index (χ0v) is 9.22. The summed E-state index contributed by atoms with van der Waals surface area (Å²) in [7, 11) is 0. The van der Waals surface area contributed by atoms with E-state index >= 15 is 0 Å². The van der Waals surface area contributed by atoms with Crippen molar-refractivity contribution in [3.8, 4) is 17.2 Å². The fraction of sp³-hybridized carbons (Fsp3) is 0.143. The van der Waals surface area contributed by atoms with E-state index in [0.717, 1.165) is 17.2 Å². The van der Waals surface area contributed by atoms with E-state index in [2.05, 4.69) is 0 Å². The van der Waals surface area contributed by atoms with Crippen molar-refractivity contribution in [1.29, 1.82) is 0 Å². The third-order valence-electron chi connectivity index (χ3n) is 2.12. The van der Waals surface area contributed by atoms with Gasteiger partial charge in [-0.15, -0.1) is 0 Å². The summed E-state index contributed by atoms with van der Waals surface area (Å²) in [5.41, 5.74) is 0. The molecule has 0 aliphatic rings. The van der Waals surface area contributed by atoms with Gasteiger partial charge in [-0.2, -0.15) is 0 Å². The maximum atomic E-state index is 5.74. The quantitative estimate of drug-likeness (QED) is 0.769. The molecule has 0 spiro atoms. The molecule has 0 heterocycles. The molecule has 0 fully saturated rings. The van der Waals surface area contributed by atoms with Gasteiger partial charge in [0.15, 0.2) is 11.5 Å². The van der Waals surface area contributed by atoms with E-state index in [1.165, 1.54) is 0 Å². The van der Waals surface area contributed by atoms with Crippen molar-refractivity contribution >= 4 is 0 Å². The van der Waals surface area contributed by atoms with Crippen LogP contribution in [0, 0.1) is 0 Å². The van der Waals surface area contributed by atoms with E-state index in [9.17, 15) is 0 Å². The van der Waals surface area contributed by atoms with Crippen LogP contribution in [0.1, 0.15) is 6.92 Å². The van der Waals surface area contributed by atoms with Gasteiger partial charge in [0, 0.05) is 0 Å². The normalized spacial score (nSPS) is 9.81. The molecule has 0 N–H and O–H groups in total. The van der Waals surface area contributed by atoms with E-state index in [1.807, 2.05) is 61.5 Å². The summed E-state index contributed by atoms with van der Waals surface area (Å²) in [5.74, 6) is 2.33. The van der Waals surface area contributed by atoms with Gasteiger partial charge in [0.05, 0.1) is 6.61 Å². The Labute approximate surface area is 95.4 Å². The molecule has 2 rings (SSSR count). The van der Waals surface area contributed by atoms with Gasteiger partial charge in [-0.05, 0) is 31.2 Å². The molecule has 0 unspecified atom stereocenters. The minimum atomic E-state index is 0.634. The Kier molecular flexibility index (Phi) is 3.44. The van der Waals surface area contributed by atoms with Gasteiger partial charge in [-0.25, -0.2) is 0 Å². The topological polar surface area (TPSA) is 18.5 Å². The average Bonchev–Trinajstić information content (AvgIpc) is 2.33. The molecule has 2 aromatic carbocycles. The van der Waals surface area contributed by atoms with Crippen molar-refractivity contribution in [3.63, 3.8) is 0 Å². The molecule has 0 bridgehead atoms. The fourth-order valence-electron chi connectivity index (χ4n) is 1.42. The SMILES string of the molecule is CCOc1ccccc1Oc1ccccc1. The summed E-state index contributed by atoms with van der Waals surface area (Å²) in [5, 5.41) is 0. The Balaban J connectivity index is 2.21. The molecule has 2 nitrogen and oxygen atoms in total. The molecule has 0 radical (unpaired) electrons. The van der Waals surface area contributed by atoms with Crippen molar-refractivity contribution in [2.24, 2.45) is 0 Å². The van der Waals surface area contributed by atoms with Gasteiger partial charge in [0.2, 0.25) is 0 Å². The number of rotatable bonds is 4. The second-order valence-corrected chi connectivity index (χ2v) is 3.29. The highest BCUT2D eigenvalue weighted by Gasteiger charge is 2.03. The second kappa shape index (κ2) is 5.21. The zero-order chi connectivity index (χ0) is 11.2. The van der Waals surface area contributed by atoms with Crippen LogP contribution in [-0.4, -0.2) is 6.61 Å². The summed E-state index contributed by atoms with van der Waals surface area (Å²) in [6.45, 7) is 2.59. The van der Waals surface area contributed by atoms with Crippen molar-refractivity contribution in [2.75, 3.05) is 6.61 Å². The molecule has 0 saturated carbocycles. The van der Waals surface area contributed by atoms with Gasteiger partial charge in [-0.3, -0.25) is 0 Å². The first-order chi connectivity index (χ1) is 7.90. The largest absolute Gasteiger partial charge is 0.490 e. The van der Waals surface area contributed by atoms with E-state index in [1.54, 1.807) is 0 Å². The molecule has 0 atom stereocenters. The van der Waals surface area contributed by atoms with E-state index in [-0.39, 0.29) is 0 Å². The number of para-hydroxylation sites is 3. The number of benzene rings is 2. The summed E-state index contributed by atoms with van der Waals surface area (Å²) >= 11 is 0. The molecule has 0 aliphatic heterocycles. The lowest BCUT2D eigenvalue weighted by Gasteiger charge is -2.10. The maximum Gasteiger partial charge on any atom is 0.169 e. The van der Waals surface area contributed by atoms with E-state index < -0.39 is 0 Å². The first-order valence-electron chi connectivity index (χ1n) is 5.35. The highest BCUT2D eigenvalue weighted by molar-refractivity contribution is 5.42. The summed E-state index contributed by atoms with van der Waals surface area (Å²) in [6.07, 6.45) is 0. The summed E-state index contributed by atoms with van der Waals surface area (Å²) < 4.78 is 11.2. The minimum absolute atomic E-state index is 0.634. The third kappa shape index (κ3) is 2.54. The van der Waals surface area contributed by atoms with E-state index in [0.29, 0.717) is 6.61 Å². The molecule has 0 saturated heterocycles. The maximum absolute atomic E-state index is 5.74. The first-order valence-corrected chi connectivity index (χ1v) is 5.35. The molecule has 2 heteroatoms. The van der Waals surface area contributed by atoms with Crippen molar-refractivity contribution < 1.29 is 9.47 Å². The Bertz CT molecular complexity index is 437. The summed E-state index contributed by atoms with van der Waals surface area (Å²) in [4.78, 5) is 0. The zero-order valence-electron chi connectivity index (χ0n) is 9.22. The van der Waals surface area contributed by atoms with Gasteiger partial charge in [0.1, 0.15) is 5.75 Å². The molecular formula is C14H14O2. The Morgan fingerprint density at radius 3 is 2.12 bits per heavy atom. The van der Waals surface area contributed by atoms with Gasteiger partial charge in [-0.1, -0.05) is 30.3 Å². The molecule has 16 heavy (non-hydrogen) atoms. The predicted octanol–water partition coefficient (Wildman–Crippen LogP) is 3.88. The van der Waals surface area contributed by atoms with Crippen LogP contribution >= 0.6 is 0 Å². The first kappa shape index (κ1) is 10.6. The number of hydrogen-bond donors (Lipinski definition) is 0. The fourth-order valence-corrected chi connectivity index (χ4v) is 1.42. The Morgan fingerprint density at radius 1 is 0.812 bits per heavy atom. The van der Waals surface area contributed by atoms with Crippen LogP contribution in [-0.2, 0) is 0 Å². The van der Waals surface area contributed by atoms with Gasteiger partial charge < -0.3 is 9.47 Å². The average molecular weight is 214 g/mol. The van der Waals surface area contributed by atoms with Crippen molar-refractivity contribution in [2.45, 2.75) is 6.92 Å². The van der Waals surface area contributed by atoms with Gasteiger partial charge >= 0.3 is 0 Å². The summed E-state index contributed by atoms with van der Waals surface area (Å²) in [6, 6.07) is 17.4. The Morgan fingerprint density at radius 2 is 1.44 bits per heavy atom. The van der Waals surface area contributed by atoms with Gasteiger partial charge in [0.25, 0.3) is 0 Å². The Hall–Kier alpha value is -1.96. The van der Waals surface area contributed by atoms with Crippen LogP contribution in [0.5, 0.6) is 17.2 Å². The predicted molar refractivity (Wildman–Crippen MR) is 64.1 cm³/mol. The highest BCUT2D eigenvalue weighted by atomic mass is 16.5. The molecular weight excluding hydrogens is 200 g/mol. The lowest BCUT2D eigenvalue weighted by Crippen LogP contribution is -1.94. The minimum Gasteiger partial charge on any atom is -0.490 e. The van der Waals surface area contributed by atoms with Crippen LogP contribution in [0.25, 0.3) is 0 Å². The standard InChI is InChI=1S/C14H14O2/c1-2-15-13-10-6-7-11-14(13)16-12-8-4-3-5-9-12/h3-11H,2H2,1H3. The highest BCUT2D eigenvalue weighted by Crippen LogP contribution is 2.30. The molecule has 0 aliphatic carbocycles. The van der Waals surface area contributed by atoms with E-state index in [4.69, 9.17) is 9.47 Å². The molecule has 0 aromatic heterocycles. The number of ether oxygens (including phenoxy) is 2. The lowest BCUT2D eigenvalue weighted by atomic mass is 10.3. The van der Waals surface area contributed by atoms with Crippen LogP contribution in [0.2, 0.25) is 0 Å².